The SMILES string of the molecule is CC(Nc1cncc(-c2cccc(/C=C3/SC(=O)NC3=O)c2)n1)c1ccc(F)cc1.CC(Nc1cncc(-c2cccc(C=O)c2)n1)c1ccc(F)cc1. The predicted octanol–water partition coefficient (Wildman–Crippen LogP) is 9.05. The highest BCUT2D eigenvalue weighted by Crippen LogP contribution is 2.28. The van der Waals surface area contributed by atoms with Crippen LogP contribution in [0.15, 0.2) is 127 Å². The lowest BCUT2D eigenvalue weighted by atomic mass is 10.1. The highest BCUT2D eigenvalue weighted by molar-refractivity contribution is 8.18. The fourth-order valence-electron chi connectivity index (χ4n) is 5.39. The van der Waals surface area contributed by atoms with E-state index >= 15 is 0 Å². The molecule has 13 heteroatoms. The fourth-order valence-corrected chi connectivity index (χ4v) is 6.08. The van der Waals surface area contributed by atoms with E-state index in [1.807, 2.05) is 50.2 Å². The first-order chi connectivity index (χ1) is 26.1. The molecule has 54 heavy (non-hydrogen) atoms. The molecule has 7 rings (SSSR count). The smallest absolute Gasteiger partial charge is 0.290 e. The largest absolute Gasteiger partial charge is 0.362 e. The molecule has 0 radical (unpaired) electrons. The highest BCUT2D eigenvalue weighted by Gasteiger charge is 2.25. The molecule has 2 aromatic heterocycles. The third-order valence-corrected chi connectivity index (χ3v) is 8.99. The molecular weight excluding hydrogens is 709 g/mol. The highest BCUT2D eigenvalue weighted by atomic mass is 32.2. The van der Waals surface area contributed by atoms with Gasteiger partial charge in [-0.15, -0.1) is 0 Å². The molecule has 2 unspecified atom stereocenters. The standard InChI is InChI=1S/C22H17FN4O2S.C19H16FN3O/c1-13(15-5-7-17(23)8-6-15)25-20-12-24-11-18(26-20)16-4-2-3-14(9-16)10-19-21(28)27-22(29)30-19;1-13(15-5-7-17(20)8-6-15)22-19-11-21-10-18(23-19)16-4-2-3-14(9-16)12-24/h2-13H,1H3,(H,25,26)(H,27,28,29);2-13H,1H3,(H,22,23)/b19-10+;. The molecule has 6 aromatic rings. The molecule has 3 N–H and O–H groups in total. The van der Waals surface area contributed by atoms with Gasteiger partial charge in [0.15, 0.2) is 0 Å². The zero-order chi connectivity index (χ0) is 38.0. The number of halogens is 2. The van der Waals surface area contributed by atoms with Crippen LogP contribution >= 0.6 is 11.8 Å². The summed E-state index contributed by atoms with van der Waals surface area (Å²) in [5.74, 6) is 0.268. The summed E-state index contributed by atoms with van der Waals surface area (Å²) in [6.45, 7) is 3.93. The van der Waals surface area contributed by atoms with Gasteiger partial charge in [-0.25, -0.2) is 18.7 Å². The van der Waals surface area contributed by atoms with Crippen molar-refractivity contribution in [3.8, 4) is 22.5 Å². The normalized spacial score (nSPS) is 14.0. The van der Waals surface area contributed by atoms with Gasteiger partial charge in [-0.05, 0) is 84.8 Å². The second-order valence-electron chi connectivity index (χ2n) is 12.1. The molecule has 4 aromatic carbocycles. The molecule has 0 aliphatic carbocycles. The van der Waals surface area contributed by atoms with Gasteiger partial charge in [0.2, 0.25) is 0 Å². The van der Waals surface area contributed by atoms with Crippen LogP contribution in [0.1, 0.15) is 53.0 Å². The molecular formula is C41H33F2N7O3S. The van der Waals surface area contributed by atoms with Crippen molar-refractivity contribution in [2.24, 2.45) is 0 Å². The molecule has 1 saturated heterocycles. The fraction of sp³-hybridized carbons (Fsp3) is 0.0976. The van der Waals surface area contributed by atoms with Crippen LogP contribution in [0.4, 0.5) is 25.2 Å². The van der Waals surface area contributed by atoms with Crippen LogP contribution in [0.25, 0.3) is 28.6 Å². The van der Waals surface area contributed by atoms with Gasteiger partial charge in [0.05, 0.1) is 41.1 Å². The Bertz CT molecular complexity index is 2320. The van der Waals surface area contributed by atoms with Crippen LogP contribution in [-0.2, 0) is 4.79 Å². The number of hydrogen-bond donors (Lipinski definition) is 3. The van der Waals surface area contributed by atoms with Gasteiger partial charge in [0, 0.05) is 28.8 Å². The number of amides is 2. The summed E-state index contributed by atoms with van der Waals surface area (Å²) < 4.78 is 26.1. The Morgan fingerprint density at radius 3 is 1.61 bits per heavy atom. The Morgan fingerprint density at radius 1 is 0.667 bits per heavy atom. The molecule has 270 valence electrons. The minimum atomic E-state index is -0.392. The number of nitrogens with one attached hydrogen (secondary N) is 3. The Morgan fingerprint density at radius 2 is 1.15 bits per heavy atom. The number of anilines is 2. The Kier molecular flexibility index (Phi) is 11.9. The van der Waals surface area contributed by atoms with Gasteiger partial charge < -0.3 is 10.6 Å². The number of hydrogen-bond acceptors (Lipinski definition) is 10. The third kappa shape index (κ3) is 9.83. The molecule has 1 fully saturated rings. The minimum Gasteiger partial charge on any atom is -0.362 e. The number of aldehydes is 1. The Hall–Kier alpha value is -6.60. The number of carbonyl (C=O) groups is 3. The van der Waals surface area contributed by atoms with Gasteiger partial charge >= 0.3 is 0 Å². The second-order valence-corrected chi connectivity index (χ2v) is 13.2. The first-order valence-corrected chi connectivity index (χ1v) is 17.5. The van der Waals surface area contributed by atoms with Crippen molar-refractivity contribution in [1.82, 2.24) is 25.3 Å². The summed E-state index contributed by atoms with van der Waals surface area (Å²) in [5.41, 5.74) is 6.23. The molecule has 3 heterocycles. The number of carbonyl (C=O) groups excluding carboxylic acids is 3. The van der Waals surface area contributed by atoms with Gasteiger partial charge in [0.1, 0.15) is 29.6 Å². The van der Waals surface area contributed by atoms with E-state index in [4.69, 9.17) is 0 Å². The van der Waals surface area contributed by atoms with E-state index in [1.54, 1.807) is 67.3 Å². The van der Waals surface area contributed by atoms with Crippen molar-refractivity contribution in [3.63, 3.8) is 0 Å². The first kappa shape index (κ1) is 37.2. The van der Waals surface area contributed by atoms with E-state index in [2.05, 4.69) is 35.9 Å². The van der Waals surface area contributed by atoms with Gasteiger partial charge in [-0.2, -0.15) is 0 Å². The van der Waals surface area contributed by atoms with E-state index in [0.29, 0.717) is 33.5 Å². The van der Waals surface area contributed by atoms with Gasteiger partial charge in [0.25, 0.3) is 11.1 Å². The summed E-state index contributed by atoms with van der Waals surface area (Å²) in [6.07, 6.45) is 9.03. The molecule has 1 aliphatic rings. The van der Waals surface area contributed by atoms with Crippen LogP contribution in [-0.4, -0.2) is 37.4 Å². The summed E-state index contributed by atoms with van der Waals surface area (Å²) in [7, 11) is 0. The van der Waals surface area contributed by atoms with Crippen molar-refractivity contribution in [3.05, 3.63) is 161 Å². The van der Waals surface area contributed by atoms with Crippen LogP contribution < -0.4 is 16.0 Å². The van der Waals surface area contributed by atoms with Crippen molar-refractivity contribution in [2.75, 3.05) is 10.6 Å². The van der Waals surface area contributed by atoms with Crippen molar-refractivity contribution >= 4 is 46.9 Å². The lowest BCUT2D eigenvalue weighted by Gasteiger charge is -2.15. The average Bonchev–Trinajstić information content (AvgIpc) is 3.51. The lowest BCUT2D eigenvalue weighted by molar-refractivity contribution is -0.115. The monoisotopic (exact) mass is 741 g/mol. The van der Waals surface area contributed by atoms with Crippen molar-refractivity contribution in [1.29, 1.82) is 0 Å². The number of nitrogens with zero attached hydrogens (tertiary/aromatic N) is 4. The zero-order valence-corrected chi connectivity index (χ0v) is 29.9. The molecule has 1 aliphatic heterocycles. The Balaban J connectivity index is 0.000000189. The topological polar surface area (TPSA) is 139 Å². The van der Waals surface area contributed by atoms with Gasteiger partial charge in [-0.1, -0.05) is 60.7 Å². The molecule has 2 atom stereocenters. The summed E-state index contributed by atoms with van der Waals surface area (Å²) in [6, 6.07) is 27.2. The van der Waals surface area contributed by atoms with Crippen LogP contribution in [0.2, 0.25) is 0 Å². The van der Waals surface area contributed by atoms with Crippen LogP contribution in [0, 0.1) is 11.6 Å². The maximum Gasteiger partial charge on any atom is 0.290 e. The van der Waals surface area contributed by atoms with Crippen molar-refractivity contribution < 1.29 is 23.2 Å². The summed E-state index contributed by atoms with van der Waals surface area (Å²) in [4.78, 5) is 52.0. The first-order valence-electron chi connectivity index (χ1n) is 16.7. The molecule has 0 spiro atoms. The van der Waals surface area contributed by atoms with Crippen molar-refractivity contribution in [2.45, 2.75) is 25.9 Å². The second kappa shape index (κ2) is 17.3. The van der Waals surface area contributed by atoms with E-state index in [9.17, 15) is 23.2 Å². The number of imide groups is 1. The molecule has 2 amide bonds. The van der Waals surface area contributed by atoms with E-state index in [-0.39, 0.29) is 29.0 Å². The number of aromatic nitrogens is 4. The van der Waals surface area contributed by atoms with E-state index < -0.39 is 5.91 Å². The molecule has 10 nitrogen and oxygen atoms in total. The zero-order valence-electron chi connectivity index (χ0n) is 29.0. The maximum atomic E-state index is 13.1. The quantitative estimate of drug-likeness (QED) is 0.0921. The summed E-state index contributed by atoms with van der Waals surface area (Å²) >= 11 is 0.878. The Labute approximate surface area is 314 Å². The number of thioether (sulfide) groups is 1. The van der Waals surface area contributed by atoms with E-state index in [1.165, 1.54) is 24.3 Å². The lowest BCUT2D eigenvalue weighted by Crippen LogP contribution is -2.17. The van der Waals surface area contributed by atoms with E-state index in [0.717, 1.165) is 45.9 Å². The molecule has 0 saturated carbocycles. The summed E-state index contributed by atoms with van der Waals surface area (Å²) in [5, 5.41) is 8.39. The maximum absolute atomic E-state index is 13.1. The van der Waals surface area contributed by atoms with Gasteiger partial charge in [-0.3, -0.25) is 29.7 Å². The average molecular weight is 742 g/mol. The van der Waals surface area contributed by atoms with Crippen LogP contribution in [0.3, 0.4) is 0 Å². The number of rotatable bonds is 10. The predicted molar refractivity (Wildman–Crippen MR) is 206 cm³/mol. The third-order valence-electron chi connectivity index (χ3n) is 8.18. The van der Waals surface area contributed by atoms with Crippen LogP contribution in [0.5, 0.6) is 0 Å². The number of benzene rings is 4. The minimum absolute atomic E-state index is 0.0449. The molecule has 0 bridgehead atoms.